The van der Waals surface area contributed by atoms with E-state index in [0.29, 0.717) is 0 Å². The summed E-state index contributed by atoms with van der Waals surface area (Å²) in [6.07, 6.45) is 12.9. The van der Waals surface area contributed by atoms with E-state index in [1.165, 1.54) is 115 Å². The molecule has 0 saturated carbocycles. The molecule has 0 radical (unpaired) electrons. The van der Waals surface area contributed by atoms with E-state index in [4.69, 9.17) is 0 Å². The van der Waals surface area contributed by atoms with Gasteiger partial charge in [-0.15, -0.1) is 45.3 Å². The van der Waals surface area contributed by atoms with Crippen LogP contribution in [0.2, 0.25) is 0 Å². The first-order chi connectivity index (χ1) is 18.8. The highest BCUT2D eigenvalue weighted by Crippen LogP contribution is 2.46. The minimum absolute atomic E-state index is 1.18. The minimum atomic E-state index is 1.18. The summed E-state index contributed by atoms with van der Waals surface area (Å²) in [6.45, 7) is 4.58. The zero-order valence-electron chi connectivity index (χ0n) is 22.6. The van der Waals surface area contributed by atoms with Crippen molar-refractivity contribution >= 4 is 45.3 Å². The molecule has 5 rings (SSSR count). The third-order valence-corrected chi connectivity index (χ3v) is 12.0. The molecule has 0 N–H and O–H groups in total. The summed E-state index contributed by atoms with van der Waals surface area (Å²) in [6, 6.07) is 25.1. The lowest BCUT2D eigenvalue weighted by molar-refractivity contribution is 0.668. The molecular weight excluding hydrogens is 537 g/mol. The quantitative estimate of drug-likeness (QED) is 0.116. The molecule has 4 heteroatoms. The second-order valence-electron chi connectivity index (χ2n) is 10.1. The molecule has 0 fully saturated rings. The first-order valence-electron chi connectivity index (χ1n) is 14.2. The standard InChI is InChI=1S/C34H38S4/c1-3-5-7-10-16-26-22-23-35-33(26)30-20-18-28(36-30)29-19-21-31(37-29)34-27(17-11-8-6-4-2)24-32(38-34)25-14-12-9-13-15-25/h9,12-15,18-24H,3-8,10-11,16-17H2,1-2H3. The maximum atomic E-state index is 2.46. The van der Waals surface area contributed by atoms with Crippen LogP contribution in [0.15, 0.2) is 72.1 Å². The number of hydrogen-bond donors (Lipinski definition) is 0. The molecule has 0 bridgehead atoms. The summed E-state index contributed by atoms with van der Waals surface area (Å²) in [7, 11) is 0. The third-order valence-electron chi connectivity index (χ3n) is 7.12. The van der Waals surface area contributed by atoms with Gasteiger partial charge in [-0.1, -0.05) is 82.7 Å². The molecule has 0 amide bonds. The molecule has 0 saturated heterocycles. The molecule has 38 heavy (non-hydrogen) atoms. The van der Waals surface area contributed by atoms with Gasteiger partial charge in [0.05, 0.1) is 0 Å². The molecule has 4 heterocycles. The van der Waals surface area contributed by atoms with Crippen LogP contribution >= 0.6 is 45.3 Å². The Kier molecular flexibility index (Phi) is 10.1. The van der Waals surface area contributed by atoms with Gasteiger partial charge in [0.1, 0.15) is 0 Å². The number of thiophene rings is 4. The van der Waals surface area contributed by atoms with Crippen LogP contribution in [-0.4, -0.2) is 0 Å². The smallest absolute Gasteiger partial charge is 0.0481 e. The van der Waals surface area contributed by atoms with Crippen molar-refractivity contribution in [3.63, 3.8) is 0 Å². The monoisotopic (exact) mass is 574 g/mol. The van der Waals surface area contributed by atoms with Crippen molar-refractivity contribution in [3.05, 3.63) is 83.2 Å². The highest BCUT2D eigenvalue weighted by atomic mass is 32.1. The van der Waals surface area contributed by atoms with Crippen LogP contribution in [0.5, 0.6) is 0 Å². The van der Waals surface area contributed by atoms with Gasteiger partial charge in [0.2, 0.25) is 0 Å². The molecule has 4 aromatic heterocycles. The second kappa shape index (κ2) is 13.9. The highest BCUT2D eigenvalue weighted by molar-refractivity contribution is 7.28. The highest BCUT2D eigenvalue weighted by Gasteiger charge is 2.16. The van der Waals surface area contributed by atoms with Crippen molar-refractivity contribution in [2.24, 2.45) is 0 Å². The molecule has 0 nitrogen and oxygen atoms in total. The lowest BCUT2D eigenvalue weighted by Crippen LogP contribution is -1.85. The molecule has 0 aliphatic carbocycles. The van der Waals surface area contributed by atoms with E-state index in [1.807, 2.05) is 45.3 Å². The number of hydrogen-bond acceptors (Lipinski definition) is 4. The van der Waals surface area contributed by atoms with Crippen molar-refractivity contribution in [2.45, 2.75) is 78.1 Å². The van der Waals surface area contributed by atoms with Crippen LogP contribution in [0.4, 0.5) is 0 Å². The van der Waals surface area contributed by atoms with Crippen LogP contribution < -0.4 is 0 Å². The van der Waals surface area contributed by atoms with Crippen molar-refractivity contribution in [1.82, 2.24) is 0 Å². The van der Waals surface area contributed by atoms with Gasteiger partial charge in [0.25, 0.3) is 0 Å². The zero-order chi connectivity index (χ0) is 26.2. The lowest BCUT2D eigenvalue weighted by Gasteiger charge is -2.02. The summed E-state index contributed by atoms with van der Waals surface area (Å²) in [5.41, 5.74) is 4.39. The van der Waals surface area contributed by atoms with E-state index in [1.54, 1.807) is 0 Å². The van der Waals surface area contributed by atoms with Crippen LogP contribution in [0, 0.1) is 0 Å². The molecule has 0 spiro atoms. The topological polar surface area (TPSA) is 0 Å². The van der Waals surface area contributed by atoms with Gasteiger partial charge in [-0.25, -0.2) is 0 Å². The molecule has 198 valence electrons. The van der Waals surface area contributed by atoms with Crippen LogP contribution in [0.1, 0.15) is 76.3 Å². The van der Waals surface area contributed by atoms with Gasteiger partial charge in [-0.2, -0.15) is 0 Å². The van der Waals surface area contributed by atoms with Crippen molar-refractivity contribution < 1.29 is 0 Å². The maximum absolute atomic E-state index is 2.46. The Labute approximate surface area is 245 Å². The van der Waals surface area contributed by atoms with E-state index in [9.17, 15) is 0 Å². The van der Waals surface area contributed by atoms with Crippen molar-refractivity contribution in [1.29, 1.82) is 0 Å². The Morgan fingerprint density at radius 1 is 0.500 bits per heavy atom. The Morgan fingerprint density at radius 3 is 1.76 bits per heavy atom. The fourth-order valence-corrected chi connectivity index (χ4v) is 9.57. The molecule has 1 aromatic carbocycles. The van der Waals surface area contributed by atoms with E-state index in [0.717, 1.165) is 0 Å². The van der Waals surface area contributed by atoms with Crippen molar-refractivity contribution in [3.8, 4) is 39.7 Å². The minimum Gasteiger partial charge on any atom is -0.143 e. The molecule has 5 aromatic rings. The van der Waals surface area contributed by atoms with E-state index in [2.05, 4.69) is 86.0 Å². The Balaban J connectivity index is 1.37. The van der Waals surface area contributed by atoms with Gasteiger partial charge in [0.15, 0.2) is 0 Å². The SMILES string of the molecule is CCCCCCc1ccsc1-c1ccc(-c2ccc(-c3sc(-c4ccccc4)cc3CCCCCC)s2)s1. The number of unbranched alkanes of at least 4 members (excludes halogenated alkanes) is 6. The zero-order valence-corrected chi connectivity index (χ0v) is 25.9. The van der Waals surface area contributed by atoms with Gasteiger partial charge >= 0.3 is 0 Å². The first-order valence-corrected chi connectivity index (χ1v) is 17.5. The number of rotatable bonds is 14. The van der Waals surface area contributed by atoms with Gasteiger partial charge < -0.3 is 0 Å². The lowest BCUT2D eigenvalue weighted by atomic mass is 10.0. The summed E-state index contributed by atoms with van der Waals surface area (Å²) in [5.74, 6) is 0. The number of benzene rings is 1. The number of aryl methyl sites for hydroxylation is 2. The fourth-order valence-electron chi connectivity index (χ4n) is 4.99. The largest absolute Gasteiger partial charge is 0.143 e. The molecular formula is C34H38S4. The Morgan fingerprint density at radius 2 is 1.11 bits per heavy atom. The third kappa shape index (κ3) is 6.77. The molecule has 0 unspecified atom stereocenters. The normalized spacial score (nSPS) is 11.4. The summed E-state index contributed by atoms with van der Waals surface area (Å²) in [5, 5.41) is 2.27. The Hall–Kier alpha value is -1.98. The van der Waals surface area contributed by atoms with Crippen LogP contribution in [-0.2, 0) is 12.8 Å². The van der Waals surface area contributed by atoms with E-state index in [-0.39, 0.29) is 0 Å². The summed E-state index contributed by atoms with van der Waals surface area (Å²) >= 11 is 7.80. The van der Waals surface area contributed by atoms with Gasteiger partial charge in [0, 0.05) is 34.1 Å². The first kappa shape index (κ1) is 27.6. The van der Waals surface area contributed by atoms with Crippen LogP contribution in [0.3, 0.4) is 0 Å². The van der Waals surface area contributed by atoms with E-state index >= 15 is 0 Å². The predicted molar refractivity (Wildman–Crippen MR) is 175 cm³/mol. The second-order valence-corrected chi connectivity index (χ2v) is 14.2. The average molecular weight is 575 g/mol. The van der Waals surface area contributed by atoms with Crippen LogP contribution in [0.25, 0.3) is 39.7 Å². The summed E-state index contributed by atoms with van der Waals surface area (Å²) < 4.78 is 0. The molecule has 0 atom stereocenters. The van der Waals surface area contributed by atoms with Gasteiger partial charge in [-0.05, 0) is 84.2 Å². The maximum Gasteiger partial charge on any atom is 0.0481 e. The summed E-state index contributed by atoms with van der Waals surface area (Å²) in [4.78, 5) is 9.98. The van der Waals surface area contributed by atoms with Crippen molar-refractivity contribution in [2.75, 3.05) is 0 Å². The average Bonchev–Trinajstić information content (AvgIpc) is 3.75. The van der Waals surface area contributed by atoms with Gasteiger partial charge in [-0.3, -0.25) is 0 Å². The fraction of sp³-hybridized carbons (Fsp3) is 0.353. The molecule has 0 aliphatic rings. The Bertz CT molecular complexity index is 1400. The van der Waals surface area contributed by atoms with E-state index < -0.39 is 0 Å². The predicted octanol–water partition coefficient (Wildman–Crippen LogP) is 12.8. The molecule has 0 aliphatic heterocycles.